The average molecular weight is 256 g/mol. The molecule has 5 heteroatoms. The maximum Gasteiger partial charge on any atom is 0.350 e. The highest BCUT2D eigenvalue weighted by Crippen LogP contribution is 2.38. The molecular weight excluding hydrogens is 248 g/mol. The quantitative estimate of drug-likeness (QED) is 0.602. The van der Waals surface area contributed by atoms with Gasteiger partial charge in [0.25, 0.3) is 0 Å². The van der Waals surface area contributed by atoms with Crippen LogP contribution in [0.5, 0.6) is 11.5 Å². The van der Waals surface area contributed by atoms with Gasteiger partial charge in [-0.3, -0.25) is 0 Å². The average Bonchev–Trinajstić information content (AvgIpc) is 2.37. The molecule has 1 heterocycles. The van der Waals surface area contributed by atoms with Gasteiger partial charge in [-0.25, -0.2) is 9.59 Å². The second kappa shape index (κ2) is 3.84. The standard InChI is InChI=1S/C14H8O5/c15-8-3-1-2-7(6-8)11-9-4-5-10(16)12(11)14(18)19-13(9)17/h1-6,15-16H. The number of esters is 2. The van der Waals surface area contributed by atoms with Crippen LogP contribution in [0.1, 0.15) is 20.7 Å². The molecule has 0 amide bonds. The van der Waals surface area contributed by atoms with E-state index in [1.165, 1.54) is 24.3 Å². The molecule has 3 rings (SSSR count). The molecule has 94 valence electrons. The molecule has 5 nitrogen and oxygen atoms in total. The van der Waals surface area contributed by atoms with E-state index in [-0.39, 0.29) is 28.2 Å². The summed E-state index contributed by atoms with van der Waals surface area (Å²) in [5.74, 6) is -1.93. The number of phenolic OH excluding ortho intramolecular Hbond substituents is 2. The zero-order valence-electron chi connectivity index (χ0n) is 9.58. The molecule has 2 N–H and O–H groups in total. The molecule has 0 radical (unpaired) electrons. The fourth-order valence-corrected chi connectivity index (χ4v) is 2.12. The van der Waals surface area contributed by atoms with E-state index in [0.717, 1.165) is 0 Å². The van der Waals surface area contributed by atoms with Crippen LogP contribution in [0, 0.1) is 0 Å². The van der Waals surface area contributed by atoms with Crippen LogP contribution in [-0.4, -0.2) is 22.2 Å². The lowest BCUT2D eigenvalue weighted by Crippen LogP contribution is -2.21. The highest BCUT2D eigenvalue weighted by molar-refractivity contribution is 6.16. The number of aromatic hydroxyl groups is 2. The molecule has 0 aromatic heterocycles. The lowest BCUT2D eigenvalue weighted by atomic mass is 9.92. The van der Waals surface area contributed by atoms with E-state index in [1.807, 2.05) is 0 Å². The molecule has 2 bridgehead atoms. The summed E-state index contributed by atoms with van der Waals surface area (Å²) in [6, 6.07) is 8.75. The Bertz CT molecular complexity index is 718. The van der Waals surface area contributed by atoms with E-state index in [9.17, 15) is 19.8 Å². The predicted octanol–water partition coefficient (Wildman–Crippen LogP) is 2.08. The monoisotopic (exact) mass is 256 g/mol. The maximum absolute atomic E-state index is 11.7. The van der Waals surface area contributed by atoms with Crippen molar-refractivity contribution < 1.29 is 24.5 Å². The summed E-state index contributed by atoms with van der Waals surface area (Å²) in [6.07, 6.45) is 0. The van der Waals surface area contributed by atoms with Crippen molar-refractivity contribution in [1.82, 2.24) is 0 Å². The summed E-state index contributed by atoms with van der Waals surface area (Å²) in [5.41, 5.74) is 0.851. The van der Waals surface area contributed by atoms with Crippen LogP contribution >= 0.6 is 0 Å². The third kappa shape index (κ3) is 1.63. The summed E-state index contributed by atoms with van der Waals surface area (Å²) in [4.78, 5) is 23.4. The minimum atomic E-state index is -0.894. The Morgan fingerprint density at radius 2 is 1.68 bits per heavy atom. The number of phenols is 2. The fourth-order valence-electron chi connectivity index (χ4n) is 2.12. The molecule has 2 aromatic carbocycles. The van der Waals surface area contributed by atoms with Gasteiger partial charge in [-0.05, 0) is 29.8 Å². The van der Waals surface area contributed by atoms with Crippen LogP contribution in [0.2, 0.25) is 0 Å². The number of fused-ring (bicyclic) bond motifs is 2. The van der Waals surface area contributed by atoms with Crippen molar-refractivity contribution in [1.29, 1.82) is 0 Å². The molecule has 0 unspecified atom stereocenters. The third-order valence-electron chi connectivity index (χ3n) is 2.93. The molecule has 1 aliphatic rings. The van der Waals surface area contributed by atoms with E-state index < -0.39 is 11.9 Å². The highest BCUT2D eigenvalue weighted by atomic mass is 16.6. The van der Waals surface area contributed by atoms with Gasteiger partial charge in [-0.1, -0.05) is 12.1 Å². The lowest BCUT2D eigenvalue weighted by molar-refractivity contribution is 0.0385. The van der Waals surface area contributed by atoms with Crippen molar-refractivity contribution in [2.45, 2.75) is 0 Å². The van der Waals surface area contributed by atoms with Crippen LogP contribution in [0.25, 0.3) is 11.1 Å². The van der Waals surface area contributed by atoms with Crippen molar-refractivity contribution in [2.24, 2.45) is 0 Å². The summed E-state index contributed by atoms with van der Waals surface area (Å²) >= 11 is 0. The highest BCUT2D eigenvalue weighted by Gasteiger charge is 2.32. The van der Waals surface area contributed by atoms with Gasteiger partial charge in [0.2, 0.25) is 0 Å². The Morgan fingerprint density at radius 3 is 2.42 bits per heavy atom. The van der Waals surface area contributed by atoms with Crippen molar-refractivity contribution in [3.8, 4) is 22.6 Å². The van der Waals surface area contributed by atoms with E-state index in [2.05, 4.69) is 4.74 Å². The Kier molecular flexibility index (Phi) is 2.28. The van der Waals surface area contributed by atoms with Crippen molar-refractivity contribution in [3.05, 3.63) is 47.5 Å². The van der Waals surface area contributed by atoms with Crippen molar-refractivity contribution >= 4 is 11.9 Å². The molecular formula is C14H8O5. The Morgan fingerprint density at radius 1 is 0.895 bits per heavy atom. The predicted molar refractivity (Wildman–Crippen MR) is 65.0 cm³/mol. The third-order valence-corrected chi connectivity index (χ3v) is 2.93. The van der Waals surface area contributed by atoms with Gasteiger partial charge in [0.1, 0.15) is 17.1 Å². The largest absolute Gasteiger partial charge is 0.508 e. The first-order chi connectivity index (χ1) is 9.08. The van der Waals surface area contributed by atoms with Crippen LogP contribution < -0.4 is 0 Å². The molecule has 1 aliphatic heterocycles. The van der Waals surface area contributed by atoms with E-state index in [1.54, 1.807) is 12.1 Å². The number of ether oxygens (including phenoxy) is 1. The number of carbonyl (C=O) groups excluding carboxylic acids is 2. The minimum absolute atomic E-state index is 0.000803. The Balaban J connectivity index is 2.37. The zero-order valence-corrected chi connectivity index (χ0v) is 9.58. The van der Waals surface area contributed by atoms with Crippen molar-refractivity contribution in [2.75, 3.05) is 0 Å². The first-order valence-electron chi connectivity index (χ1n) is 5.50. The zero-order chi connectivity index (χ0) is 13.6. The van der Waals surface area contributed by atoms with Gasteiger partial charge >= 0.3 is 11.9 Å². The number of carbonyl (C=O) groups is 2. The molecule has 0 spiro atoms. The van der Waals surface area contributed by atoms with E-state index >= 15 is 0 Å². The van der Waals surface area contributed by atoms with Gasteiger partial charge in [0, 0.05) is 5.56 Å². The lowest BCUT2D eigenvalue weighted by Gasteiger charge is -2.19. The Hall–Kier alpha value is -2.82. The van der Waals surface area contributed by atoms with Crippen LogP contribution in [0.3, 0.4) is 0 Å². The second-order valence-electron chi connectivity index (χ2n) is 4.11. The molecule has 0 saturated heterocycles. The van der Waals surface area contributed by atoms with Crippen LogP contribution in [-0.2, 0) is 4.74 Å². The minimum Gasteiger partial charge on any atom is -0.508 e. The maximum atomic E-state index is 11.7. The molecule has 0 saturated carbocycles. The normalized spacial score (nSPS) is 13.3. The van der Waals surface area contributed by atoms with Gasteiger partial charge in [0.15, 0.2) is 0 Å². The first-order valence-corrected chi connectivity index (χ1v) is 5.50. The summed E-state index contributed by atoms with van der Waals surface area (Å²) in [5, 5.41) is 19.2. The van der Waals surface area contributed by atoms with Gasteiger partial charge < -0.3 is 14.9 Å². The number of hydrogen-bond acceptors (Lipinski definition) is 5. The molecule has 0 aliphatic carbocycles. The van der Waals surface area contributed by atoms with Gasteiger partial charge in [-0.2, -0.15) is 0 Å². The summed E-state index contributed by atoms with van der Waals surface area (Å²) in [6.45, 7) is 0. The topological polar surface area (TPSA) is 83.8 Å². The molecule has 0 atom stereocenters. The van der Waals surface area contributed by atoms with Gasteiger partial charge in [0.05, 0.1) is 5.56 Å². The number of hydrogen-bond donors (Lipinski definition) is 2. The van der Waals surface area contributed by atoms with Crippen molar-refractivity contribution in [3.63, 3.8) is 0 Å². The molecule has 2 aromatic rings. The van der Waals surface area contributed by atoms with Gasteiger partial charge in [-0.15, -0.1) is 0 Å². The van der Waals surface area contributed by atoms with Crippen LogP contribution in [0.4, 0.5) is 0 Å². The SMILES string of the molecule is O=C1OC(=O)c2c(O)ccc1c2-c1cccc(O)c1. The molecule has 19 heavy (non-hydrogen) atoms. The van der Waals surface area contributed by atoms with E-state index in [0.29, 0.717) is 5.56 Å². The summed E-state index contributed by atoms with van der Waals surface area (Å²) < 4.78 is 4.54. The first kappa shape index (κ1) is 11.3. The van der Waals surface area contributed by atoms with E-state index in [4.69, 9.17) is 0 Å². The Labute approximate surface area is 107 Å². The number of cyclic esters (lactones) is 2. The molecule has 0 fully saturated rings. The number of benzene rings is 2. The summed E-state index contributed by atoms with van der Waals surface area (Å²) in [7, 11) is 0. The van der Waals surface area contributed by atoms with Crippen LogP contribution in [0.15, 0.2) is 36.4 Å². The fraction of sp³-hybridized carbons (Fsp3) is 0. The smallest absolute Gasteiger partial charge is 0.350 e. The second-order valence-corrected chi connectivity index (χ2v) is 4.11. The number of rotatable bonds is 1.